The number of rotatable bonds is 10. The molecule has 0 spiro atoms. The fraction of sp³-hybridized carbons (Fsp3) is 0.286. The minimum atomic E-state index is -0.488. The van der Waals surface area contributed by atoms with E-state index in [4.69, 9.17) is 21.1 Å². The number of amides is 1. The Balaban J connectivity index is 1.65. The van der Waals surface area contributed by atoms with Crippen LogP contribution in [0.1, 0.15) is 5.56 Å². The summed E-state index contributed by atoms with van der Waals surface area (Å²) in [4.78, 5) is 28.3. The maximum atomic E-state index is 12.1. The van der Waals surface area contributed by atoms with Crippen molar-refractivity contribution in [3.8, 4) is 0 Å². The highest BCUT2D eigenvalue weighted by molar-refractivity contribution is 7.99. The van der Waals surface area contributed by atoms with Gasteiger partial charge in [-0.05, 0) is 23.8 Å². The van der Waals surface area contributed by atoms with Crippen LogP contribution in [-0.4, -0.2) is 54.0 Å². The molecule has 0 unspecified atom stereocenters. The van der Waals surface area contributed by atoms with Crippen molar-refractivity contribution in [1.29, 1.82) is 0 Å². The third-order valence-electron chi connectivity index (χ3n) is 4.17. The van der Waals surface area contributed by atoms with Gasteiger partial charge in [0.25, 0.3) is 5.91 Å². The van der Waals surface area contributed by atoms with Crippen LogP contribution in [0.25, 0.3) is 11.0 Å². The highest BCUT2D eigenvalue weighted by atomic mass is 35.5. The average molecular weight is 448 g/mol. The van der Waals surface area contributed by atoms with Gasteiger partial charge in [0.1, 0.15) is 0 Å². The number of thioether (sulfide) groups is 1. The fourth-order valence-corrected chi connectivity index (χ4v) is 3.74. The molecule has 1 heterocycles. The molecule has 0 aliphatic carbocycles. The molecule has 1 aromatic heterocycles. The highest BCUT2D eigenvalue weighted by Gasteiger charge is 2.15. The van der Waals surface area contributed by atoms with Crippen molar-refractivity contribution < 1.29 is 19.1 Å². The summed E-state index contributed by atoms with van der Waals surface area (Å²) < 4.78 is 11.9. The largest absolute Gasteiger partial charge is 0.455 e. The van der Waals surface area contributed by atoms with Crippen molar-refractivity contribution in [2.45, 2.75) is 11.7 Å². The third kappa shape index (κ3) is 6.22. The molecule has 0 radical (unpaired) electrons. The molecule has 0 aliphatic heterocycles. The smallest absolute Gasteiger partial charge is 0.316 e. The lowest BCUT2D eigenvalue weighted by molar-refractivity contribution is -0.145. The van der Waals surface area contributed by atoms with E-state index in [-0.39, 0.29) is 18.3 Å². The fourth-order valence-electron chi connectivity index (χ4n) is 2.76. The van der Waals surface area contributed by atoms with Gasteiger partial charge in [0.15, 0.2) is 11.8 Å². The first-order valence-corrected chi connectivity index (χ1v) is 10.7. The van der Waals surface area contributed by atoms with E-state index in [9.17, 15) is 9.59 Å². The second kappa shape index (κ2) is 11.0. The summed E-state index contributed by atoms with van der Waals surface area (Å²) in [6, 6.07) is 15.5. The Hall–Kier alpha value is -2.55. The van der Waals surface area contributed by atoms with Crippen LogP contribution in [-0.2, 0) is 25.6 Å². The molecule has 0 atom stereocenters. The monoisotopic (exact) mass is 447 g/mol. The van der Waals surface area contributed by atoms with E-state index >= 15 is 0 Å². The van der Waals surface area contributed by atoms with Gasteiger partial charge in [-0.1, -0.05) is 53.7 Å². The minimum absolute atomic E-state index is 0.0389. The molecule has 30 heavy (non-hydrogen) atoms. The average Bonchev–Trinajstić information content (AvgIpc) is 3.08. The zero-order valence-electron chi connectivity index (χ0n) is 16.5. The standard InChI is InChI=1S/C21H22ClN3O4S/c1-28-10-9-23-19(26)13-29-20(27)14-30-21-24-17-11-16(22)7-8-18(17)25(21)12-15-5-3-2-4-6-15/h2-8,11H,9-10,12-14H2,1H3,(H,23,26). The van der Waals surface area contributed by atoms with Crippen LogP contribution in [0.2, 0.25) is 5.02 Å². The molecule has 2 aromatic carbocycles. The number of fused-ring (bicyclic) bond motifs is 1. The van der Waals surface area contributed by atoms with Gasteiger partial charge >= 0.3 is 5.97 Å². The van der Waals surface area contributed by atoms with E-state index in [0.29, 0.717) is 29.9 Å². The SMILES string of the molecule is COCCNC(=O)COC(=O)CSc1nc2cc(Cl)ccc2n1Cc1ccccc1. The van der Waals surface area contributed by atoms with Gasteiger partial charge in [-0.3, -0.25) is 9.59 Å². The zero-order chi connectivity index (χ0) is 21.3. The normalized spacial score (nSPS) is 10.9. The molecule has 0 bridgehead atoms. The van der Waals surface area contributed by atoms with Crippen LogP contribution in [0.4, 0.5) is 0 Å². The van der Waals surface area contributed by atoms with E-state index < -0.39 is 5.97 Å². The quantitative estimate of drug-likeness (QED) is 0.292. The number of nitrogens with zero attached hydrogens (tertiary/aromatic N) is 2. The first-order valence-electron chi connectivity index (χ1n) is 9.30. The molecule has 0 saturated carbocycles. The number of nitrogens with one attached hydrogen (secondary N) is 1. The van der Waals surface area contributed by atoms with Gasteiger partial charge in [0.2, 0.25) is 0 Å². The number of imidazole rings is 1. The Morgan fingerprint density at radius 1 is 1.20 bits per heavy atom. The number of ether oxygens (including phenoxy) is 2. The number of methoxy groups -OCH3 is 1. The summed E-state index contributed by atoms with van der Waals surface area (Å²) in [5, 5.41) is 3.87. The first-order chi connectivity index (χ1) is 14.6. The molecule has 158 valence electrons. The molecule has 1 N–H and O–H groups in total. The topological polar surface area (TPSA) is 82.4 Å². The predicted molar refractivity (Wildman–Crippen MR) is 117 cm³/mol. The van der Waals surface area contributed by atoms with Crippen LogP contribution < -0.4 is 5.32 Å². The molecular formula is C21H22ClN3O4S. The lowest BCUT2D eigenvalue weighted by Crippen LogP contribution is -2.31. The summed E-state index contributed by atoms with van der Waals surface area (Å²) in [6.45, 7) is 1.06. The molecule has 3 rings (SSSR count). The number of hydrogen-bond acceptors (Lipinski definition) is 6. The van der Waals surface area contributed by atoms with Crippen molar-refractivity contribution in [2.75, 3.05) is 32.6 Å². The summed E-state index contributed by atoms with van der Waals surface area (Å²) in [6.07, 6.45) is 0. The van der Waals surface area contributed by atoms with Gasteiger partial charge in [-0.25, -0.2) is 4.98 Å². The Bertz CT molecular complexity index is 1010. The molecule has 3 aromatic rings. The van der Waals surface area contributed by atoms with E-state index in [1.165, 1.54) is 11.8 Å². The predicted octanol–water partition coefficient (Wildman–Crippen LogP) is 3.14. The summed E-state index contributed by atoms with van der Waals surface area (Å²) in [7, 11) is 1.54. The lowest BCUT2D eigenvalue weighted by Gasteiger charge is -2.09. The van der Waals surface area contributed by atoms with Crippen LogP contribution >= 0.6 is 23.4 Å². The molecule has 0 fully saturated rings. The lowest BCUT2D eigenvalue weighted by atomic mass is 10.2. The molecule has 0 saturated heterocycles. The summed E-state index contributed by atoms with van der Waals surface area (Å²) in [5.41, 5.74) is 2.80. The molecule has 0 aliphatic rings. The van der Waals surface area contributed by atoms with Crippen molar-refractivity contribution >= 4 is 46.3 Å². The highest BCUT2D eigenvalue weighted by Crippen LogP contribution is 2.27. The Kier molecular flexibility index (Phi) is 8.12. The maximum absolute atomic E-state index is 12.1. The van der Waals surface area contributed by atoms with Crippen molar-refractivity contribution in [3.63, 3.8) is 0 Å². The second-order valence-corrected chi connectivity index (χ2v) is 7.77. The number of esters is 1. The maximum Gasteiger partial charge on any atom is 0.316 e. The van der Waals surface area contributed by atoms with E-state index in [0.717, 1.165) is 16.6 Å². The third-order valence-corrected chi connectivity index (χ3v) is 5.36. The van der Waals surface area contributed by atoms with Gasteiger partial charge in [0.05, 0.1) is 29.9 Å². The van der Waals surface area contributed by atoms with Gasteiger partial charge < -0.3 is 19.4 Å². The Labute approximate surface area is 183 Å². The van der Waals surface area contributed by atoms with E-state index in [2.05, 4.69) is 10.3 Å². The Morgan fingerprint density at radius 3 is 2.77 bits per heavy atom. The molecule has 9 heteroatoms. The zero-order valence-corrected chi connectivity index (χ0v) is 18.0. The number of halogens is 1. The number of aromatic nitrogens is 2. The van der Waals surface area contributed by atoms with Gasteiger partial charge in [-0.2, -0.15) is 0 Å². The van der Waals surface area contributed by atoms with E-state index in [1.54, 1.807) is 13.2 Å². The van der Waals surface area contributed by atoms with Crippen molar-refractivity contribution in [3.05, 3.63) is 59.1 Å². The summed E-state index contributed by atoms with van der Waals surface area (Å²) >= 11 is 7.37. The second-order valence-electron chi connectivity index (χ2n) is 6.39. The molecular weight excluding hydrogens is 426 g/mol. The van der Waals surface area contributed by atoms with Crippen LogP contribution in [0, 0.1) is 0 Å². The number of benzene rings is 2. The summed E-state index contributed by atoms with van der Waals surface area (Å²) in [5.74, 6) is -0.813. The van der Waals surface area contributed by atoms with Crippen LogP contribution in [0.3, 0.4) is 0 Å². The van der Waals surface area contributed by atoms with Crippen molar-refractivity contribution in [1.82, 2.24) is 14.9 Å². The number of carbonyl (C=O) groups excluding carboxylic acids is 2. The van der Waals surface area contributed by atoms with Gasteiger partial charge in [-0.15, -0.1) is 0 Å². The minimum Gasteiger partial charge on any atom is -0.455 e. The van der Waals surface area contributed by atoms with Crippen LogP contribution in [0.15, 0.2) is 53.7 Å². The number of hydrogen-bond donors (Lipinski definition) is 1. The molecule has 7 nitrogen and oxygen atoms in total. The first kappa shape index (κ1) is 22.1. The van der Waals surface area contributed by atoms with Crippen LogP contribution in [0.5, 0.6) is 0 Å². The van der Waals surface area contributed by atoms with E-state index in [1.807, 2.05) is 47.0 Å². The van der Waals surface area contributed by atoms with Crippen molar-refractivity contribution in [2.24, 2.45) is 0 Å². The Morgan fingerprint density at radius 2 is 2.00 bits per heavy atom. The molecule has 1 amide bonds. The number of carbonyl (C=O) groups is 2. The van der Waals surface area contributed by atoms with Gasteiger partial charge in [0, 0.05) is 18.7 Å².